The number of amides is 9. The van der Waals surface area contributed by atoms with Gasteiger partial charge < -0.3 is 51.6 Å². The van der Waals surface area contributed by atoms with E-state index in [4.69, 9.17) is 10.5 Å². The fourth-order valence-corrected chi connectivity index (χ4v) is 7.79. The van der Waals surface area contributed by atoms with E-state index < -0.39 is 115 Å². The molecule has 4 aromatic rings. The quantitative estimate of drug-likeness (QED) is 0.0392. The maximum absolute atomic E-state index is 15.3. The number of ether oxygens (including phenoxy) is 1. The molecule has 1 aromatic heterocycles. The van der Waals surface area contributed by atoms with E-state index in [0.717, 1.165) is 35.9 Å². The Bertz CT molecular complexity index is 2640. The lowest BCUT2D eigenvalue weighted by molar-refractivity contribution is -0.141. The summed E-state index contributed by atoms with van der Waals surface area (Å²) in [4.78, 5) is 118. The number of benzene rings is 3. The van der Waals surface area contributed by atoms with Crippen LogP contribution in [0.25, 0.3) is 11.1 Å². The molecule has 3 aromatic carbocycles. The summed E-state index contributed by atoms with van der Waals surface area (Å²) < 4.78 is 36.8. The van der Waals surface area contributed by atoms with Crippen LogP contribution in [-0.4, -0.2) is 124 Å². The highest BCUT2D eigenvalue weighted by Crippen LogP contribution is 2.41. The number of carbonyl (C=O) groups excluding carboxylic acids is 9. The summed E-state index contributed by atoms with van der Waals surface area (Å²) in [5.74, 6) is -8.24. The van der Waals surface area contributed by atoms with E-state index in [0.29, 0.717) is 16.2 Å². The topological polar surface area (TPSA) is 281 Å². The standard InChI is InChI=1S/C50H57F2N9O11/c1-50(2,3)46(39-22-33(35-23-34(51)14-15-36(35)52)27-59(39)26-31-10-6-4-7-11-31)60(45(68)29-62)21-18-37(47(69)55-20-19-54-42(65)28-61-43(66)16-17-44(61)67)58-48(70)38(24-40(53)63)57-41(64)25-56-49(71)72-30-32-12-8-5-9-13-32/h4-17,22-23,27,37-38,46,62H,18-21,24-26,28-30H2,1-3H3,(H2,53,63)(H,54,65)(H,55,69)(H,56,71)(H,57,64)(H,58,70)/t37-,38-,46-/m0/s1. The number of aromatic nitrogens is 1. The van der Waals surface area contributed by atoms with Crippen molar-refractivity contribution in [2.24, 2.45) is 11.1 Å². The number of imide groups is 1. The van der Waals surface area contributed by atoms with Crippen LogP contribution in [0, 0.1) is 17.0 Å². The predicted octanol–water partition coefficient (Wildman–Crippen LogP) is 1.71. The van der Waals surface area contributed by atoms with Crippen LogP contribution in [0.2, 0.25) is 0 Å². The second-order valence-corrected chi connectivity index (χ2v) is 17.7. The first-order valence-corrected chi connectivity index (χ1v) is 22.7. The zero-order valence-electron chi connectivity index (χ0n) is 39.8. The molecule has 8 N–H and O–H groups in total. The third kappa shape index (κ3) is 15.9. The molecule has 1 aliphatic rings. The highest BCUT2D eigenvalue weighted by Gasteiger charge is 2.38. The van der Waals surface area contributed by atoms with Crippen LogP contribution < -0.4 is 32.3 Å². The van der Waals surface area contributed by atoms with Crippen molar-refractivity contribution in [3.8, 4) is 11.1 Å². The molecular formula is C50H57F2N9O11. The summed E-state index contributed by atoms with van der Waals surface area (Å²) in [6, 6.07) is 18.2. The summed E-state index contributed by atoms with van der Waals surface area (Å²) in [6.45, 7) is 2.37. The molecule has 0 fully saturated rings. The Hall–Kier alpha value is -8.27. The largest absolute Gasteiger partial charge is 0.445 e. The van der Waals surface area contributed by atoms with Crippen LogP contribution in [0.5, 0.6) is 0 Å². The Balaban J connectivity index is 1.41. The summed E-state index contributed by atoms with van der Waals surface area (Å²) in [5.41, 5.74) is 6.71. The Morgan fingerprint density at radius 1 is 0.778 bits per heavy atom. The summed E-state index contributed by atoms with van der Waals surface area (Å²) in [5, 5.41) is 22.5. The first-order valence-electron chi connectivity index (χ1n) is 22.7. The Kier molecular flexibility index (Phi) is 19.4. The lowest BCUT2D eigenvalue weighted by Gasteiger charge is -2.41. The molecule has 5 rings (SSSR count). The van der Waals surface area contributed by atoms with E-state index in [2.05, 4.69) is 26.6 Å². The number of hydrogen-bond acceptors (Lipinski definition) is 11. The summed E-state index contributed by atoms with van der Waals surface area (Å²) >= 11 is 0. The van der Waals surface area contributed by atoms with E-state index in [1.807, 2.05) is 30.3 Å². The van der Waals surface area contributed by atoms with Gasteiger partial charge in [0.25, 0.3) is 11.8 Å². The normalized spacial score (nSPS) is 13.4. The smallest absolute Gasteiger partial charge is 0.407 e. The third-order valence-electron chi connectivity index (χ3n) is 11.1. The number of carbonyl (C=O) groups is 9. The number of nitrogens with two attached hydrogens (primary N) is 1. The maximum Gasteiger partial charge on any atom is 0.407 e. The van der Waals surface area contributed by atoms with E-state index in [1.165, 1.54) is 4.90 Å². The lowest BCUT2D eigenvalue weighted by atomic mass is 9.82. The predicted molar refractivity (Wildman–Crippen MR) is 255 cm³/mol. The molecule has 2 heterocycles. The van der Waals surface area contributed by atoms with Crippen molar-refractivity contribution in [1.29, 1.82) is 0 Å². The van der Waals surface area contributed by atoms with E-state index in [9.17, 15) is 52.6 Å². The molecule has 1 aliphatic heterocycles. The zero-order valence-corrected chi connectivity index (χ0v) is 39.8. The van der Waals surface area contributed by atoms with Gasteiger partial charge in [0.1, 0.15) is 50.0 Å². The van der Waals surface area contributed by atoms with Gasteiger partial charge in [-0.25, -0.2) is 13.6 Å². The summed E-state index contributed by atoms with van der Waals surface area (Å²) in [7, 11) is 0. The first-order chi connectivity index (χ1) is 34.2. The molecule has 0 saturated carbocycles. The number of alkyl carbamates (subject to hydrolysis) is 1. The number of aliphatic hydroxyl groups is 1. The molecule has 22 heteroatoms. The SMILES string of the molecule is CC(C)(C)[C@H](c1cc(-c2cc(F)ccc2F)cn1Cc1ccccc1)N(CC[C@H](NC(=O)[C@H](CC(N)=O)NC(=O)CNC(=O)OCc1ccccc1)C(=O)NCCNC(=O)CN1C(=O)C=CC1=O)C(=O)CO. The van der Waals surface area contributed by atoms with Crippen molar-refractivity contribution < 1.29 is 61.8 Å². The number of aliphatic hydroxyl groups excluding tert-OH is 1. The van der Waals surface area contributed by atoms with Gasteiger partial charge in [-0.3, -0.25) is 43.3 Å². The molecule has 0 bridgehead atoms. The Labute approximate surface area is 413 Å². The van der Waals surface area contributed by atoms with Gasteiger partial charge in [-0.2, -0.15) is 0 Å². The molecule has 0 radical (unpaired) electrons. The highest BCUT2D eigenvalue weighted by molar-refractivity contribution is 6.14. The minimum atomic E-state index is -1.70. The first kappa shape index (κ1) is 54.7. The van der Waals surface area contributed by atoms with Crippen molar-refractivity contribution in [3.63, 3.8) is 0 Å². The number of rotatable bonds is 24. The van der Waals surface area contributed by atoms with Gasteiger partial charge in [0.15, 0.2) is 0 Å². The fraction of sp³-hybridized carbons (Fsp3) is 0.340. The van der Waals surface area contributed by atoms with Crippen molar-refractivity contribution in [2.75, 3.05) is 39.3 Å². The monoisotopic (exact) mass is 997 g/mol. The Morgan fingerprint density at radius 3 is 2.04 bits per heavy atom. The van der Waals surface area contributed by atoms with Crippen LogP contribution in [0.4, 0.5) is 13.6 Å². The molecule has 0 saturated heterocycles. The van der Waals surface area contributed by atoms with Crippen molar-refractivity contribution in [3.05, 3.63) is 132 Å². The number of hydrogen-bond donors (Lipinski definition) is 7. The number of primary amides is 1. The van der Waals surface area contributed by atoms with Crippen LogP contribution in [0.1, 0.15) is 56.5 Å². The lowest BCUT2D eigenvalue weighted by Crippen LogP contribution is -2.56. The average Bonchev–Trinajstić information content (AvgIpc) is 3.89. The van der Waals surface area contributed by atoms with Crippen LogP contribution in [0.15, 0.2) is 103 Å². The molecule has 9 amide bonds. The van der Waals surface area contributed by atoms with Crippen molar-refractivity contribution in [1.82, 2.24) is 41.0 Å². The molecule has 0 aliphatic carbocycles. The molecule has 0 unspecified atom stereocenters. The van der Waals surface area contributed by atoms with Gasteiger partial charge >= 0.3 is 6.09 Å². The van der Waals surface area contributed by atoms with Crippen LogP contribution in [0.3, 0.4) is 0 Å². The summed E-state index contributed by atoms with van der Waals surface area (Å²) in [6.07, 6.45) is 1.53. The van der Waals surface area contributed by atoms with Crippen molar-refractivity contribution in [2.45, 2.75) is 64.9 Å². The number of nitrogens with one attached hydrogen (secondary N) is 5. The Morgan fingerprint density at radius 2 is 1.42 bits per heavy atom. The molecule has 20 nitrogen and oxygen atoms in total. The van der Waals surface area contributed by atoms with E-state index >= 15 is 4.39 Å². The van der Waals surface area contributed by atoms with Gasteiger partial charge in [0.05, 0.1) is 12.5 Å². The average molecular weight is 998 g/mol. The van der Waals surface area contributed by atoms with Gasteiger partial charge in [0.2, 0.25) is 35.4 Å². The second-order valence-electron chi connectivity index (χ2n) is 17.7. The minimum absolute atomic E-state index is 0.0576. The van der Waals surface area contributed by atoms with Crippen molar-refractivity contribution >= 4 is 53.4 Å². The number of nitrogens with zero attached hydrogens (tertiary/aromatic N) is 3. The molecule has 382 valence electrons. The fourth-order valence-electron chi connectivity index (χ4n) is 7.79. The number of halogens is 2. The molecular weight excluding hydrogens is 941 g/mol. The van der Waals surface area contributed by atoms with Crippen LogP contribution in [-0.2, 0) is 56.2 Å². The zero-order chi connectivity index (χ0) is 52.5. The molecule has 0 spiro atoms. The molecule has 3 atom stereocenters. The minimum Gasteiger partial charge on any atom is -0.445 e. The molecule has 72 heavy (non-hydrogen) atoms. The van der Waals surface area contributed by atoms with E-state index in [1.54, 1.807) is 67.9 Å². The van der Waals surface area contributed by atoms with E-state index in [-0.39, 0.29) is 50.3 Å². The van der Waals surface area contributed by atoms with Gasteiger partial charge in [0, 0.05) is 61.3 Å². The third-order valence-corrected chi connectivity index (χ3v) is 11.1. The van der Waals surface area contributed by atoms with Gasteiger partial charge in [-0.1, -0.05) is 81.4 Å². The maximum atomic E-state index is 15.3. The second kappa shape index (κ2) is 25.5. The van der Waals surface area contributed by atoms with Gasteiger partial charge in [-0.05, 0) is 47.2 Å². The van der Waals surface area contributed by atoms with Crippen LogP contribution >= 0.6 is 0 Å². The highest BCUT2D eigenvalue weighted by atomic mass is 19.1. The van der Waals surface area contributed by atoms with Gasteiger partial charge in [-0.15, -0.1) is 0 Å².